The fourth-order valence-corrected chi connectivity index (χ4v) is 2.52. The van der Waals surface area contributed by atoms with Crippen LogP contribution in [0, 0.1) is 17.3 Å². The molecule has 0 heterocycles. The molecule has 0 unspecified atom stereocenters. The van der Waals surface area contributed by atoms with Crippen LogP contribution in [-0.2, 0) is 4.79 Å². The summed E-state index contributed by atoms with van der Waals surface area (Å²) in [5.74, 6) is 1.27. The molecule has 0 aliphatic heterocycles. The Labute approximate surface area is 99.5 Å². The van der Waals surface area contributed by atoms with E-state index in [1.165, 1.54) is 0 Å². The van der Waals surface area contributed by atoms with Gasteiger partial charge < -0.3 is 5.32 Å². The summed E-state index contributed by atoms with van der Waals surface area (Å²) in [6, 6.07) is 0. The lowest BCUT2D eigenvalue weighted by Gasteiger charge is -2.32. The zero-order valence-electron chi connectivity index (χ0n) is 11.1. The van der Waals surface area contributed by atoms with Crippen molar-refractivity contribution < 1.29 is 4.79 Å². The average molecular weight is 223 g/mol. The van der Waals surface area contributed by atoms with Gasteiger partial charge in [0.2, 0.25) is 0 Å². The van der Waals surface area contributed by atoms with Crippen molar-refractivity contribution in [2.75, 3.05) is 7.05 Å². The predicted octanol–water partition coefficient (Wildman–Crippen LogP) is 3.14. The quantitative estimate of drug-likeness (QED) is 0.796. The number of Topliss-reactive ketones (excluding diaryl/α,β-unsaturated/α-hetero) is 1. The predicted molar refractivity (Wildman–Crippen MR) is 68.1 cm³/mol. The first-order valence-corrected chi connectivity index (χ1v) is 6.27. The molecule has 0 aromatic rings. The van der Waals surface area contributed by atoms with E-state index in [1.54, 1.807) is 0 Å². The second-order valence-corrected chi connectivity index (χ2v) is 5.94. The third kappa shape index (κ3) is 3.10. The van der Waals surface area contributed by atoms with Crippen LogP contribution in [-0.4, -0.2) is 12.8 Å². The van der Waals surface area contributed by atoms with E-state index in [2.05, 4.69) is 11.9 Å². The van der Waals surface area contributed by atoms with Crippen molar-refractivity contribution >= 4 is 5.78 Å². The first kappa shape index (κ1) is 13.3. The van der Waals surface area contributed by atoms with Gasteiger partial charge in [-0.05, 0) is 31.6 Å². The Morgan fingerprint density at radius 3 is 1.94 bits per heavy atom. The van der Waals surface area contributed by atoms with Crippen molar-refractivity contribution in [3.8, 4) is 0 Å². The van der Waals surface area contributed by atoms with Crippen LogP contribution in [0.2, 0.25) is 0 Å². The highest BCUT2D eigenvalue weighted by Crippen LogP contribution is 2.35. The van der Waals surface area contributed by atoms with Crippen LogP contribution in [0.5, 0.6) is 0 Å². The Hall–Kier alpha value is -0.790. The van der Waals surface area contributed by atoms with Crippen molar-refractivity contribution in [1.82, 2.24) is 5.32 Å². The van der Waals surface area contributed by atoms with E-state index in [4.69, 9.17) is 0 Å². The number of carbonyl (C=O) groups excluding carboxylic acids is 1. The molecule has 0 radical (unpaired) electrons. The summed E-state index contributed by atoms with van der Waals surface area (Å²) in [6.07, 6.45) is 4.27. The minimum atomic E-state index is -0.183. The van der Waals surface area contributed by atoms with Crippen LogP contribution in [0.1, 0.15) is 46.5 Å². The molecule has 0 amide bonds. The Bertz CT molecular complexity index is 267. The SMILES string of the molecule is C=C(NC)[C@H]1CC[C@H](C(=O)C(C)(C)C)CC1. The second-order valence-electron chi connectivity index (χ2n) is 5.94. The second kappa shape index (κ2) is 5.03. The van der Waals surface area contributed by atoms with Crippen LogP contribution in [0.4, 0.5) is 0 Å². The van der Waals surface area contributed by atoms with E-state index in [0.717, 1.165) is 31.4 Å². The molecule has 1 N–H and O–H groups in total. The van der Waals surface area contributed by atoms with Crippen molar-refractivity contribution in [1.29, 1.82) is 0 Å². The highest BCUT2D eigenvalue weighted by atomic mass is 16.1. The zero-order valence-corrected chi connectivity index (χ0v) is 11.1. The van der Waals surface area contributed by atoms with Gasteiger partial charge in [-0.2, -0.15) is 0 Å². The Kier molecular flexibility index (Phi) is 4.17. The number of rotatable bonds is 3. The Morgan fingerprint density at radius 2 is 1.56 bits per heavy atom. The third-order valence-electron chi connectivity index (χ3n) is 3.65. The number of ketones is 1. The fraction of sp³-hybridized carbons (Fsp3) is 0.786. The van der Waals surface area contributed by atoms with E-state index in [0.29, 0.717) is 11.7 Å². The topological polar surface area (TPSA) is 29.1 Å². The highest BCUT2D eigenvalue weighted by molar-refractivity contribution is 5.86. The van der Waals surface area contributed by atoms with Gasteiger partial charge in [0.15, 0.2) is 0 Å². The molecule has 1 rings (SSSR count). The number of nitrogens with one attached hydrogen (secondary N) is 1. The van der Waals surface area contributed by atoms with Gasteiger partial charge in [-0.15, -0.1) is 0 Å². The van der Waals surface area contributed by atoms with Crippen LogP contribution in [0.3, 0.4) is 0 Å². The van der Waals surface area contributed by atoms with Crippen LogP contribution in [0.25, 0.3) is 0 Å². The normalized spacial score (nSPS) is 26.2. The maximum absolute atomic E-state index is 12.1. The van der Waals surface area contributed by atoms with Crippen LogP contribution >= 0.6 is 0 Å². The maximum Gasteiger partial charge on any atom is 0.141 e. The molecule has 2 nitrogen and oxygen atoms in total. The van der Waals surface area contributed by atoms with Gasteiger partial charge in [0.05, 0.1) is 0 Å². The summed E-state index contributed by atoms with van der Waals surface area (Å²) in [5, 5.41) is 3.13. The molecule has 16 heavy (non-hydrogen) atoms. The van der Waals surface area contributed by atoms with E-state index in [-0.39, 0.29) is 11.3 Å². The molecule has 0 atom stereocenters. The number of hydrogen-bond acceptors (Lipinski definition) is 2. The van der Waals surface area contributed by atoms with Crippen LogP contribution < -0.4 is 5.32 Å². The van der Waals surface area contributed by atoms with E-state index in [1.807, 2.05) is 27.8 Å². The number of allylic oxidation sites excluding steroid dienone is 1. The van der Waals surface area contributed by atoms with Gasteiger partial charge in [-0.3, -0.25) is 4.79 Å². The van der Waals surface area contributed by atoms with E-state index >= 15 is 0 Å². The molecule has 1 aliphatic rings. The molecule has 2 heteroatoms. The molecule has 0 aromatic carbocycles. The van der Waals surface area contributed by atoms with E-state index in [9.17, 15) is 4.79 Å². The smallest absolute Gasteiger partial charge is 0.141 e. The van der Waals surface area contributed by atoms with Gasteiger partial charge >= 0.3 is 0 Å². The summed E-state index contributed by atoms with van der Waals surface area (Å²) in [5.41, 5.74) is 0.944. The first-order valence-electron chi connectivity index (χ1n) is 6.27. The monoisotopic (exact) mass is 223 g/mol. The van der Waals surface area contributed by atoms with Crippen molar-refractivity contribution in [2.24, 2.45) is 17.3 Å². The Balaban J connectivity index is 2.49. The molecule has 0 saturated heterocycles. The van der Waals surface area contributed by atoms with Gasteiger partial charge in [0, 0.05) is 24.1 Å². The molecule has 0 aromatic heterocycles. The average Bonchev–Trinajstić information content (AvgIpc) is 2.26. The standard InChI is InChI=1S/C14H25NO/c1-10(15-5)11-6-8-12(9-7-11)13(16)14(2,3)4/h11-12,15H,1,6-9H2,2-5H3/t11-,12-. The van der Waals surface area contributed by atoms with Crippen molar-refractivity contribution in [2.45, 2.75) is 46.5 Å². The molecule has 0 spiro atoms. The lowest BCUT2D eigenvalue weighted by atomic mass is 9.73. The molecular formula is C14H25NO. The molecule has 92 valence electrons. The van der Waals surface area contributed by atoms with Crippen LogP contribution in [0.15, 0.2) is 12.3 Å². The summed E-state index contributed by atoms with van der Waals surface area (Å²) in [7, 11) is 1.93. The van der Waals surface area contributed by atoms with Gasteiger partial charge in [-0.1, -0.05) is 27.4 Å². The summed E-state index contributed by atoms with van der Waals surface area (Å²) >= 11 is 0. The molecule has 1 fully saturated rings. The summed E-state index contributed by atoms with van der Waals surface area (Å²) < 4.78 is 0. The summed E-state index contributed by atoms with van der Waals surface area (Å²) in [4.78, 5) is 12.1. The number of carbonyl (C=O) groups is 1. The summed E-state index contributed by atoms with van der Waals surface area (Å²) in [6.45, 7) is 10.1. The maximum atomic E-state index is 12.1. The van der Waals surface area contributed by atoms with Gasteiger partial charge in [0.1, 0.15) is 5.78 Å². The molecule has 1 aliphatic carbocycles. The van der Waals surface area contributed by atoms with Gasteiger partial charge in [-0.25, -0.2) is 0 Å². The van der Waals surface area contributed by atoms with Gasteiger partial charge in [0.25, 0.3) is 0 Å². The molecule has 1 saturated carbocycles. The lowest BCUT2D eigenvalue weighted by Crippen LogP contribution is -2.32. The zero-order chi connectivity index (χ0) is 12.3. The number of hydrogen-bond donors (Lipinski definition) is 1. The molecular weight excluding hydrogens is 198 g/mol. The minimum Gasteiger partial charge on any atom is -0.392 e. The third-order valence-corrected chi connectivity index (χ3v) is 3.65. The van der Waals surface area contributed by atoms with Crippen molar-refractivity contribution in [3.63, 3.8) is 0 Å². The van der Waals surface area contributed by atoms with E-state index < -0.39 is 0 Å². The largest absolute Gasteiger partial charge is 0.392 e. The fourth-order valence-electron chi connectivity index (χ4n) is 2.52. The minimum absolute atomic E-state index is 0.183. The highest BCUT2D eigenvalue weighted by Gasteiger charge is 2.33. The molecule has 0 bridgehead atoms. The first-order chi connectivity index (χ1) is 7.36. The van der Waals surface area contributed by atoms with Crippen molar-refractivity contribution in [3.05, 3.63) is 12.3 Å². The Morgan fingerprint density at radius 1 is 1.12 bits per heavy atom. The lowest BCUT2D eigenvalue weighted by molar-refractivity contribution is -0.131.